The summed E-state index contributed by atoms with van der Waals surface area (Å²) in [5.74, 6) is 0. The minimum absolute atomic E-state index is 0.882. The number of benzene rings is 10. The zero-order valence-electron chi connectivity index (χ0n) is 29.4. The maximum Gasteiger partial charge on any atom is 0.143 e. The maximum atomic E-state index is 6.57. The van der Waals surface area contributed by atoms with E-state index in [2.05, 4.69) is 205 Å². The molecule has 0 N–H and O–H groups in total. The number of hydrogen-bond donors (Lipinski definition) is 0. The fourth-order valence-electron chi connectivity index (χ4n) is 8.52. The van der Waals surface area contributed by atoms with E-state index in [0.717, 1.165) is 44.4 Å². The van der Waals surface area contributed by atoms with Gasteiger partial charge in [-0.05, 0) is 108 Å². The average molecular weight is 688 g/mol. The number of furan rings is 1. The fourth-order valence-corrected chi connectivity index (χ4v) is 8.52. The first kappa shape index (κ1) is 30.5. The highest BCUT2D eigenvalue weighted by molar-refractivity contribution is 6.22. The fraction of sp³-hybridized carbons (Fsp3) is 0. The molecule has 0 bridgehead atoms. The minimum atomic E-state index is 0.882. The van der Waals surface area contributed by atoms with Crippen molar-refractivity contribution in [3.63, 3.8) is 0 Å². The zero-order valence-corrected chi connectivity index (χ0v) is 29.4. The van der Waals surface area contributed by atoms with Gasteiger partial charge in [0.05, 0.1) is 0 Å². The maximum absolute atomic E-state index is 6.57. The second kappa shape index (κ2) is 12.2. The summed E-state index contributed by atoms with van der Waals surface area (Å²) < 4.78 is 6.57. The topological polar surface area (TPSA) is 16.4 Å². The van der Waals surface area contributed by atoms with Gasteiger partial charge in [-0.15, -0.1) is 0 Å². The highest BCUT2D eigenvalue weighted by Gasteiger charge is 2.21. The van der Waals surface area contributed by atoms with Crippen molar-refractivity contribution >= 4 is 82.1 Å². The molecule has 0 aliphatic rings. The SMILES string of the molecule is c1ccc(-c2c(-c3ccccc3)c3cc(N(c4ccc5ccccc5c4)c4ccc5oc6c7ccccc7ccc6c5c4)ccc3c3ccccc23)cc1. The molecule has 0 saturated carbocycles. The number of nitrogens with zero attached hydrogens (tertiary/aromatic N) is 1. The van der Waals surface area contributed by atoms with Gasteiger partial charge >= 0.3 is 0 Å². The molecule has 0 amide bonds. The van der Waals surface area contributed by atoms with Crippen LogP contribution in [0.2, 0.25) is 0 Å². The van der Waals surface area contributed by atoms with E-state index in [0.29, 0.717) is 0 Å². The lowest BCUT2D eigenvalue weighted by molar-refractivity contribution is 0.672. The van der Waals surface area contributed by atoms with Crippen LogP contribution in [-0.4, -0.2) is 0 Å². The standard InChI is InChI=1S/C52H33NO/c1-3-15-36(16-4-1)50-45-22-12-11-21-43(45)44-29-26-40(33-48(44)51(50)37-17-5-2-6-18-37)53(39-25-23-34-13-7-8-19-38(34)31-39)41-27-30-49-47(32-41)46-28-24-35-14-9-10-20-42(35)52(46)54-49/h1-33H. The second-order valence-electron chi connectivity index (χ2n) is 14.1. The van der Waals surface area contributed by atoms with Gasteiger partial charge in [-0.3, -0.25) is 0 Å². The third kappa shape index (κ3) is 4.81. The molecule has 11 rings (SSSR count). The van der Waals surface area contributed by atoms with E-state index in [9.17, 15) is 0 Å². The molecule has 1 heterocycles. The van der Waals surface area contributed by atoms with E-state index < -0.39 is 0 Å². The van der Waals surface area contributed by atoms with E-state index in [1.165, 1.54) is 60.0 Å². The number of anilines is 3. The lowest BCUT2D eigenvalue weighted by Gasteiger charge is -2.27. The van der Waals surface area contributed by atoms with Crippen LogP contribution in [0.1, 0.15) is 0 Å². The van der Waals surface area contributed by atoms with E-state index >= 15 is 0 Å². The number of rotatable bonds is 5. The average Bonchev–Trinajstić information content (AvgIpc) is 3.62. The molecule has 2 nitrogen and oxygen atoms in total. The largest absolute Gasteiger partial charge is 0.455 e. The Morgan fingerprint density at radius 1 is 0.296 bits per heavy atom. The molecular weight excluding hydrogens is 655 g/mol. The van der Waals surface area contributed by atoms with Crippen LogP contribution in [0.4, 0.5) is 17.1 Å². The van der Waals surface area contributed by atoms with Crippen molar-refractivity contribution < 1.29 is 4.42 Å². The Morgan fingerprint density at radius 3 is 1.56 bits per heavy atom. The van der Waals surface area contributed by atoms with Gasteiger partial charge in [0.25, 0.3) is 0 Å². The van der Waals surface area contributed by atoms with Gasteiger partial charge in [0.15, 0.2) is 0 Å². The first-order valence-electron chi connectivity index (χ1n) is 18.5. The van der Waals surface area contributed by atoms with Gasteiger partial charge in [-0.25, -0.2) is 0 Å². The van der Waals surface area contributed by atoms with Gasteiger partial charge in [0.2, 0.25) is 0 Å². The molecule has 0 aliphatic carbocycles. The summed E-state index contributed by atoms with van der Waals surface area (Å²) in [5.41, 5.74) is 9.94. The predicted molar refractivity (Wildman–Crippen MR) is 229 cm³/mol. The van der Waals surface area contributed by atoms with Gasteiger partial charge in [-0.1, -0.05) is 152 Å². The van der Waals surface area contributed by atoms with Gasteiger partial charge in [0.1, 0.15) is 11.2 Å². The van der Waals surface area contributed by atoms with Crippen molar-refractivity contribution in [1.29, 1.82) is 0 Å². The smallest absolute Gasteiger partial charge is 0.143 e. The minimum Gasteiger partial charge on any atom is -0.455 e. The molecule has 1 aromatic heterocycles. The highest BCUT2D eigenvalue weighted by Crippen LogP contribution is 2.47. The highest BCUT2D eigenvalue weighted by atomic mass is 16.3. The van der Waals surface area contributed by atoms with E-state index in [4.69, 9.17) is 4.42 Å². The van der Waals surface area contributed by atoms with Crippen molar-refractivity contribution in [3.8, 4) is 22.3 Å². The van der Waals surface area contributed by atoms with Crippen LogP contribution in [-0.2, 0) is 0 Å². The molecule has 0 radical (unpaired) electrons. The number of hydrogen-bond acceptors (Lipinski definition) is 2. The summed E-state index contributed by atoms with van der Waals surface area (Å²) in [4.78, 5) is 2.40. The van der Waals surface area contributed by atoms with Crippen LogP contribution in [0.5, 0.6) is 0 Å². The molecule has 0 saturated heterocycles. The molecule has 0 unspecified atom stereocenters. The Balaban J connectivity index is 1.22. The van der Waals surface area contributed by atoms with Gasteiger partial charge < -0.3 is 9.32 Å². The Labute approximate surface area is 312 Å². The second-order valence-corrected chi connectivity index (χ2v) is 14.1. The van der Waals surface area contributed by atoms with Crippen molar-refractivity contribution in [2.45, 2.75) is 0 Å². The van der Waals surface area contributed by atoms with Crippen LogP contribution in [0.15, 0.2) is 205 Å². The van der Waals surface area contributed by atoms with Gasteiger partial charge in [0, 0.05) is 33.2 Å². The predicted octanol–water partition coefficient (Wildman–Crippen LogP) is 15.0. The molecule has 11 aromatic rings. The summed E-state index contributed by atoms with van der Waals surface area (Å²) in [6.07, 6.45) is 0. The molecule has 0 aliphatic heterocycles. The molecule has 0 atom stereocenters. The molecule has 2 heteroatoms. The molecule has 252 valence electrons. The Bertz CT molecular complexity index is 3210. The Kier molecular flexibility index (Phi) is 6.90. The van der Waals surface area contributed by atoms with E-state index in [1.54, 1.807) is 0 Å². The third-order valence-corrected chi connectivity index (χ3v) is 11.0. The zero-order chi connectivity index (χ0) is 35.6. The molecule has 10 aromatic carbocycles. The van der Waals surface area contributed by atoms with Crippen LogP contribution < -0.4 is 4.90 Å². The summed E-state index contributed by atoms with van der Waals surface area (Å²) in [7, 11) is 0. The van der Waals surface area contributed by atoms with Crippen molar-refractivity contribution in [3.05, 3.63) is 200 Å². The normalized spacial score (nSPS) is 11.7. The van der Waals surface area contributed by atoms with Crippen molar-refractivity contribution in [2.75, 3.05) is 4.90 Å². The third-order valence-electron chi connectivity index (χ3n) is 11.0. The lowest BCUT2D eigenvalue weighted by atomic mass is 9.85. The van der Waals surface area contributed by atoms with E-state index in [1.807, 2.05) is 0 Å². The summed E-state index contributed by atoms with van der Waals surface area (Å²) in [6, 6.07) is 72.4. The first-order valence-corrected chi connectivity index (χ1v) is 18.5. The van der Waals surface area contributed by atoms with Crippen LogP contribution in [0, 0.1) is 0 Å². The number of fused-ring (bicyclic) bond motifs is 9. The lowest BCUT2D eigenvalue weighted by Crippen LogP contribution is -2.10. The van der Waals surface area contributed by atoms with Crippen molar-refractivity contribution in [2.24, 2.45) is 0 Å². The summed E-state index contributed by atoms with van der Waals surface area (Å²) >= 11 is 0. The van der Waals surface area contributed by atoms with E-state index in [-0.39, 0.29) is 0 Å². The quantitative estimate of drug-likeness (QED) is 0.168. The Hall–Kier alpha value is -7.16. The van der Waals surface area contributed by atoms with Crippen LogP contribution in [0.3, 0.4) is 0 Å². The first-order chi connectivity index (χ1) is 26.8. The summed E-state index contributed by atoms with van der Waals surface area (Å²) in [6.45, 7) is 0. The van der Waals surface area contributed by atoms with Crippen LogP contribution >= 0.6 is 0 Å². The Morgan fingerprint density at radius 2 is 0.796 bits per heavy atom. The monoisotopic (exact) mass is 687 g/mol. The molecular formula is C52H33NO. The molecule has 0 spiro atoms. The van der Waals surface area contributed by atoms with Crippen LogP contribution in [0.25, 0.3) is 87.3 Å². The summed E-state index contributed by atoms with van der Waals surface area (Å²) in [5, 5.41) is 11.9. The van der Waals surface area contributed by atoms with Crippen molar-refractivity contribution in [1.82, 2.24) is 0 Å². The van der Waals surface area contributed by atoms with Gasteiger partial charge in [-0.2, -0.15) is 0 Å². The molecule has 54 heavy (non-hydrogen) atoms. The molecule has 0 fully saturated rings.